The van der Waals surface area contributed by atoms with Crippen LogP contribution in [0.1, 0.15) is 54.2 Å². The van der Waals surface area contributed by atoms with Gasteiger partial charge in [0.1, 0.15) is 11.5 Å². The Kier molecular flexibility index (Phi) is 3.36. The second-order valence-electron chi connectivity index (χ2n) is 10.4. The van der Waals surface area contributed by atoms with Crippen molar-refractivity contribution in [3.05, 3.63) is 65.6 Å². The first kappa shape index (κ1) is 18.5. The Morgan fingerprint density at radius 2 is 1.94 bits per heavy atom. The summed E-state index contributed by atoms with van der Waals surface area (Å²) in [6, 6.07) is 11.7. The van der Waals surface area contributed by atoms with Crippen molar-refractivity contribution in [2.45, 2.75) is 50.0 Å². The van der Waals surface area contributed by atoms with Crippen LogP contribution in [0.15, 0.2) is 46.9 Å². The molecule has 0 aliphatic heterocycles. The third kappa shape index (κ3) is 2.34. The number of benzene rings is 1. The van der Waals surface area contributed by atoms with Crippen molar-refractivity contribution in [2.24, 2.45) is 17.3 Å². The zero-order chi connectivity index (χ0) is 21.7. The second kappa shape index (κ2) is 5.82. The predicted molar refractivity (Wildman–Crippen MR) is 113 cm³/mol. The highest BCUT2D eigenvalue weighted by Crippen LogP contribution is 2.84. The lowest BCUT2D eigenvalue weighted by molar-refractivity contribution is -0.00121. The molecule has 2 heterocycles. The molecule has 2 aromatic heterocycles. The first-order valence-electron chi connectivity index (χ1n) is 11.3. The van der Waals surface area contributed by atoms with Crippen LogP contribution in [0.3, 0.4) is 0 Å². The highest BCUT2D eigenvalue weighted by molar-refractivity contribution is 5.93. The molecule has 7 rings (SSSR count). The normalized spacial score (nSPS) is 35.7. The summed E-state index contributed by atoms with van der Waals surface area (Å²) in [5.41, 5.74) is 1.99. The van der Waals surface area contributed by atoms with Crippen LogP contribution in [0, 0.1) is 30.0 Å². The van der Waals surface area contributed by atoms with E-state index in [0.29, 0.717) is 40.3 Å². The fraction of sp³-hybridized carbons (Fsp3) is 0.440. The number of rotatable bonds is 4. The molecule has 5 atom stereocenters. The molecule has 32 heavy (non-hydrogen) atoms. The van der Waals surface area contributed by atoms with Crippen molar-refractivity contribution in [3.8, 4) is 11.5 Å². The predicted octanol–water partition coefficient (Wildman–Crippen LogP) is 4.21. The standard InChI is InChI=1S/C25H23FN4O2/c1-14-3-2-4-18(27-14)20(31)28-25-12-23(9-16-10-24(16,13-25)19(25)11-23)22-30-29-21(32-22)15-5-7-17(26)8-6-15/h2-8,16,19H,9-13H2,1H3,(H,28,31). The molecule has 1 aromatic carbocycles. The van der Waals surface area contributed by atoms with E-state index in [1.54, 1.807) is 18.2 Å². The molecule has 1 amide bonds. The van der Waals surface area contributed by atoms with Crippen LogP contribution in [-0.2, 0) is 5.41 Å². The maximum absolute atomic E-state index is 13.3. The molecule has 5 unspecified atom stereocenters. The molecule has 1 spiro atoms. The van der Waals surface area contributed by atoms with E-state index in [0.717, 1.165) is 31.4 Å². The summed E-state index contributed by atoms with van der Waals surface area (Å²) in [7, 11) is 0. The molecule has 7 heteroatoms. The summed E-state index contributed by atoms with van der Waals surface area (Å²) in [4.78, 5) is 17.5. The highest BCUT2D eigenvalue weighted by Gasteiger charge is 2.83. The van der Waals surface area contributed by atoms with E-state index in [2.05, 4.69) is 20.5 Å². The molecule has 0 saturated heterocycles. The van der Waals surface area contributed by atoms with Gasteiger partial charge in [-0.3, -0.25) is 4.79 Å². The van der Waals surface area contributed by atoms with Gasteiger partial charge in [-0.2, -0.15) is 0 Å². The van der Waals surface area contributed by atoms with Crippen LogP contribution in [0.5, 0.6) is 0 Å². The van der Waals surface area contributed by atoms with E-state index in [9.17, 15) is 9.18 Å². The summed E-state index contributed by atoms with van der Waals surface area (Å²) < 4.78 is 19.5. The topological polar surface area (TPSA) is 80.9 Å². The Labute approximate surface area is 184 Å². The third-order valence-corrected chi connectivity index (χ3v) is 8.62. The molecule has 4 saturated carbocycles. The van der Waals surface area contributed by atoms with E-state index in [1.165, 1.54) is 18.6 Å². The van der Waals surface area contributed by atoms with Crippen LogP contribution in [0.4, 0.5) is 4.39 Å². The lowest BCUT2D eigenvalue weighted by Crippen LogP contribution is -2.63. The quantitative estimate of drug-likeness (QED) is 0.671. The first-order valence-corrected chi connectivity index (χ1v) is 11.3. The Hall–Kier alpha value is -3.09. The number of hydrogen-bond donors (Lipinski definition) is 1. The number of carbonyl (C=O) groups is 1. The summed E-state index contributed by atoms with van der Waals surface area (Å²) in [5, 5.41) is 12.1. The SMILES string of the molecule is Cc1cccc(C(=O)NC23CC4(c5nnc(-c6ccc(F)cc6)o5)CC5CC5(C2)C3C4)n1. The first-order chi connectivity index (χ1) is 15.4. The largest absolute Gasteiger partial charge is 0.420 e. The van der Waals surface area contributed by atoms with Crippen LogP contribution >= 0.6 is 0 Å². The van der Waals surface area contributed by atoms with Crippen molar-refractivity contribution >= 4 is 5.91 Å². The molecule has 0 radical (unpaired) electrons. The third-order valence-electron chi connectivity index (χ3n) is 8.62. The minimum atomic E-state index is -0.294. The number of nitrogens with one attached hydrogen (secondary N) is 1. The maximum atomic E-state index is 13.3. The van der Waals surface area contributed by atoms with Gasteiger partial charge >= 0.3 is 0 Å². The molecule has 4 aliphatic carbocycles. The Morgan fingerprint density at radius 3 is 2.75 bits per heavy atom. The molecule has 3 aromatic rings. The second-order valence-corrected chi connectivity index (χ2v) is 10.4. The zero-order valence-electron chi connectivity index (χ0n) is 17.8. The van der Waals surface area contributed by atoms with Crippen LogP contribution in [0.2, 0.25) is 0 Å². The zero-order valence-corrected chi connectivity index (χ0v) is 17.8. The van der Waals surface area contributed by atoms with E-state index < -0.39 is 0 Å². The van der Waals surface area contributed by atoms with Gasteiger partial charge in [0.05, 0.1) is 5.41 Å². The minimum absolute atomic E-state index is 0.0963. The minimum Gasteiger partial charge on any atom is -0.420 e. The number of amides is 1. The van der Waals surface area contributed by atoms with Gasteiger partial charge in [0.15, 0.2) is 0 Å². The molecule has 4 aliphatic rings. The van der Waals surface area contributed by atoms with Crippen molar-refractivity contribution in [2.75, 3.05) is 0 Å². The van der Waals surface area contributed by atoms with Crippen LogP contribution in [-0.4, -0.2) is 26.6 Å². The molecule has 162 valence electrons. The number of hydrogen-bond acceptors (Lipinski definition) is 5. The molecule has 2 bridgehead atoms. The Balaban J connectivity index is 1.21. The number of fused-ring (bicyclic) bond motifs is 1. The van der Waals surface area contributed by atoms with E-state index in [4.69, 9.17) is 4.42 Å². The number of pyridine rings is 1. The fourth-order valence-corrected chi connectivity index (χ4v) is 7.38. The molecular weight excluding hydrogens is 407 g/mol. The Morgan fingerprint density at radius 1 is 1.09 bits per heavy atom. The average molecular weight is 430 g/mol. The number of nitrogens with zero attached hydrogens (tertiary/aromatic N) is 3. The van der Waals surface area contributed by atoms with Gasteiger partial charge < -0.3 is 9.73 Å². The summed E-state index contributed by atoms with van der Waals surface area (Å²) >= 11 is 0. The lowest BCUT2D eigenvalue weighted by atomic mass is 9.56. The van der Waals surface area contributed by atoms with Crippen molar-refractivity contribution in [1.29, 1.82) is 0 Å². The van der Waals surface area contributed by atoms with Crippen LogP contribution in [0.25, 0.3) is 11.5 Å². The van der Waals surface area contributed by atoms with Gasteiger partial charge in [-0.15, -0.1) is 10.2 Å². The number of aryl methyl sites for hydroxylation is 1. The lowest BCUT2D eigenvalue weighted by Gasteiger charge is -2.54. The van der Waals surface area contributed by atoms with Crippen molar-refractivity contribution in [3.63, 3.8) is 0 Å². The van der Waals surface area contributed by atoms with Gasteiger partial charge in [0.25, 0.3) is 5.91 Å². The van der Waals surface area contributed by atoms with Gasteiger partial charge in [0, 0.05) is 16.8 Å². The molecule has 6 nitrogen and oxygen atoms in total. The smallest absolute Gasteiger partial charge is 0.270 e. The van der Waals surface area contributed by atoms with Crippen LogP contribution < -0.4 is 5.32 Å². The highest BCUT2D eigenvalue weighted by atomic mass is 19.1. The number of carbonyl (C=O) groups excluding carboxylic acids is 1. The van der Waals surface area contributed by atoms with Crippen molar-refractivity contribution < 1.29 is 13.6 Å². The maximum Gasteiger partial charge on any atom is 0.270 e. The summed E-state index contributed by atoms with van der Waals surface area (Å²) in [6.07, 6.45) is 5.10. The van der Waals surface area contributed by atoms with Gasteiger partial charge in [-0.05, 0) is 92.7 Å². The average Bonchev–Trinajstić information content (AvgIpc) is 3.20. The van der Waals surface area contributed by atoms with Gasteiger partial charge in [-0.1, -0.05) is 6.07 Å². The van der Waals surface area contributed by atoms with Gasteiger partial charge in [0.2, 0.25) is 11.8 Å². The summed E-state index contributed by atoms with van der Waals surface area (Å²) in [6.45, 7) is 1.90. The number of aromatic nitrogens is 3. The van der Waals surface area contributed by atoms with Gasteiger partial charge in [-0.25, -0.2) is 9.37 Å². The molecular formula is C25H23FN4O2. The van der Waals surface area contributed by atoms with E-state index in [1.807, 2.05) is 19.1 Å². The molecule has 1 N–H and O–H groups in total. The van der Waals surface area contributed by atoms with E-state index >= 15 is 0 Å². The van der Waals surface area contributed by atoms with Crippen molar-refractivity contribution in [1.82, 2.24) is 20.5 Å². The number of halogens is 1. The summed E-state index contributed by atoms with van der Waals surface area (Å²) in [5.74, 6) is 1.81. The fourth-order valence-electron chi connectivity index (χ4n) is 7.38. The molecule has 4 fully saturated rings. The van der Waals surface area contributed by atoms with E-state index in [-0.39, 0.29) is 22.7 Å². The Bertz CT molecular complexity index is 1270. The monoisotopic (exact) mass is 430 g/mol.